The van der Waals surface area contributed by atoms with E-state index in [1.165, 1.54) is 5.56 Å². The van der Waals surface area contributed by atoms with Crippen molar-refractivity contribution in [1.82, 2.24) is 5.32 Å². The number of aromatic hydroxyl groups is 1. The van der Waals surface area contributed by atoms with Crippen LogP contribution in [0.2, 0.25) is 0 Å². The van der Waals surface area contributed by atoms with Gasteiger partial charge in [-0.3, -0.25) is 0 Å². The minimum Gasteiger partial charge on any atom is -0.508 e. The third kappa shape index (κ3) is 4.10. The molecule has 7 nitrogen and oxygen atoms in total. The number of phenols is 1. The monoisotopic (exact) mass is 516 g/mol. The molecule has 0 aromatic heterocycles. The number of carbonyl (C=O) groups excluding carboxylic acids is 1. The van der Waals surface area contributed by atoms with Crippen LogP contribution in [-0.2, 0) is 16.9 Å². The molecule has 190 valence electrons. The number of aliphatic hydroxyl groups is 1. The van der Waals surface area contributed by atoms with Crippen molar-refractivity contribution in [2.24, 2.45) is 5.92 Å². The smallest absolute Gasteiger partial charge is 0.339 e. The molecule has 0 radical (unpaired) electrons. The highest BCUT2D eigenvalue weighted by molar-refractivity contribution is 7.80. The Morgan fingerprint density at radius 3 is 2.68 bits per heavy atom. The maximum absolute atomic E-state index is 13.3. The summed E-state index contributed by atoms with van der Waals surface area (Å²) in [5, 5.41) is 27.2. The molecule has 0 bridgehead atoms. The fraction of sp³-hybridized carbons (Fsp3) is 0.310. The van der Waals surface area contributed by atoms with Gasteiger partial charge in [0.05, 0.1) is 11.7 Å². The molecule has 3 aromatic rings. The van der Waals surface area contributed by atoms with Crippen molar-refractivity contribution in [3.05, 3.63) is 88.5 Å². The second kappa shape index (κ2) is 9.04. The number of carbonyl (C=O) groups is 1. The van der Waals surface area contributed by atoms with Crippen LogP contribution in [0.3, 0.4) is 0 Å². The van der Waals surface area contributed by atoms with Gasteiger partial charge in [-0.05, 0) is 61.8 Å². The van der Waals surface area contributed by atoms with Crippen molar-refractivity contribution in [3.63, 3.8) is 0 Å². The first-order chi connectivity index (χ1) is 17.8. The molecule has 3 unspecified atom stereocenters. The van der Waals surface area contributed by atoms with Crippen molar-refractivity contribution in [3.8, 4) is 11.5 Å². The zero-order valence-corrected chi connectivity index (χ0v) is 21.2. The van der Waals surface area contributed by atoms with Crippen LogP contribution >= 0.6 is 12.2 Å². The summed E-state index contributed by atoms with van der Waals surface area (Å²) in [6.45, 7) is 2.63. The number of nitrogens with one attached hydrogen (secondary N) is 2. The molecular formula is C29H28N2O5S. The Hall–Kier alpha value is -3.62. The van der Waals surface area contributed by atoms with Crippen molar-refractivity contribution < 1.29 is 24.5 Å². The zero-order valence-electron chi connectivity index (χ0n) is 20.4. The minimum atomic E-state index is -1.04. The molecule has 3 aliphatic rings. The fourth-order valence-electron chi connectivity index (χ4n) is 5.89. The van der Waals surface area contributed by atoms with Gasteiger partial charge >= 0.3 is 5.97 Å². The van der Waals surface area contributed by atoms with Crippen LogP contribution in [0.5, 0.6) is 11.5 Å². The van der Waals surface area contributed by atoms with Crippen molar-refractivity contribution in [2.45, 2.75) is 50.5 Å². The van der Waals surface area contributed by atoms with E-state index in [2.05, 4.69) is 34.9 Å². The molecule has 1 saturated carbocycles. The summed E-state index contributed by atoms with van der Waals surface area (Å²) in [5.74, 6) is -0.0312. The molecule has 4 N–H and O–H groups in total. The molecule has 4 atom stereocenters. The molecule has 37 heavy (non-hydrogen) atoms. The largest absolute Gasteiger partial charge is 0.508 e. The van der Waals surface area contributed by atoms with Crippen LogP contribution in [-0.4, -0.2) is 33.5 Å². The first-order valence-electron chi connectivity index (χ1n) is 12.5. The van der Waals surface area contributed by atoms with Gasteiger partial charge in [0.15, 0.2) is 10.7 Å². The van der Waals surface area contributed by atoms with E-state index in [-0.39, 0.29) is 17.8 Å². The summed E-state index contributed by atoms with van der Waals surface area (Å²) in [7, 11) is 0. The van der Waals surface area contributed by atoms with Crippen LogP contribution in [0.1, 0.15) is 51.9 Å². The topological polar surface area (TPSA) is 100 Å². The van der Waals surface area contributed by atoms with Gasteiger partial charge in [-0.2, -0.15) is 0 Å². The highest BCUT2D eigenvalue weighted by atomic mass is 32.1. The number of hydrogen-bond donors (Lipinski definition) is 4. The Morgan fingerprint density at radius 2 is 1.86 bits per heavy atom. The van der Waals surface area contributed by atoms with E-state index in [0.29, 0.717) is 53.5 Å². The lowest BCUT2D eigenvalue weighted by Gasteiger charge is -2.48. The first kappa shape index (κ1) is 23.8. The van der Waals surface area contributed by atoms with Crippen molar-refractivity contribution in [1.29, 1.82) is 0 Å². The maximum atomic E-state index is 13.3. The Morgan fingerprint density at radius 1 is 1.08 bits per heavy atom. The highest BCUT2D eigenvalue weighted by Gasteiger charge is 2.60. The number of fused-ring (bicyclic) bond motifs is 6. The molecular weight excluding hydrogens is 488 g/mol. The SMILES string of the molecule is Cc1ccc(CNC(=S)Nc2ccc3c(c2)C(=O)OC32c3ccc(O)cc3O[C@@H]3CC(O)CCC32)cc1. The van der Waals surface area contributed by atoms with Crippen molar-refractivity contribution >= 4 is 29.0 Å². The summed E-state index contributed by atoms with van der Waals surface area (Å²) in [5.41, 5.74) is 3.91. The Bertz CT molecular complexity index is 1390. The lowest BCUT2D eigenvalue weighted by molar-refractivity contribution is -0.100. The number of benzene rings is 3. The molecule has 6 rings (SSSR count). The molecule has 8 heteroatoms. The van der Waals surface area contributed by atoms with Crippen LogP contribution in [0.15, 0.2) is 60.7 Å². The van der Waals surface area contributed by atoms with E-state index in [9.17, 15) is 15.0 Å². The number of esters is 1. The number of aryl methyl sites for hydroxylation is 1. The normalized spacial score (nSPS) is 25.4. The van der Waals surface area contributed by atoms with Gasteiger partial charge in [-0.25, -0.2) is 4.79 Å². The quantitative estimate of drug-likeness (QED) is 0.298. The standard InChI is InChI=1S/C29H28N2O5S/c1-16-2-4-17(5-3-16)15-30-28(37)31-18-6-9-22-21(12-18)27(34)36-29(22)23-10-7-19(32)13-25(23)35-26-14-20(33)8-11-24(26)29/h2-7,9-10,12-13,20,24,26,32-33H,8,11,14-15H2,1H3,(H2,30,31,37)/t20?,24?,26-,29?/m1/s1. The number of aliphatic hydroxyl groups excluding tert-OH is 1. The van der Waals surface area contributed by atoms with Crippen LogP contribution in [0, 0.1) is 12.8 Å². The Labute approximate surface area is 220 Å². The van der Waals surface area contributed by atoms with Gasteiger partial charge in [-0.15, -0.1) is 0 Å². The number of ether oxygens (including phenoxy) is 2. The molecule has 0 amide bonds. The fourth-order valence-corrected chi connectivity index (χ4v) is 6.08. The van der Waals surface area contributed by atoms with Crippen molar-refractivity contribution in [2.75, 3.05) is 5.32 Å². The highest BCUT2D eigenvalue weighted by Crippen LogP contribution is 2.57. The number of phenolic OH excluding ortho intramolecular Hbond substituents is 1. The van der Waals surface area contributed by atoms with E-state index >= 15 is 0 Å². The van der Waals surface area contributed by atoms with E-state index in [0.717, 1.165) is 11.1 Å². The van der Waals surface area contributed by atoms with Gasteiger partial charge in [0, 0.05) is 41.8 Å². The number of hydrogen-bond acceptors (Lipinski definition) is 6. The lowest BCUT2D eigenvalue weighted by Crippen LogP contribution is -2.52. The minimum absolute atomic E-state index is 0.0689. The van der Waals surface area contributed by atoms with E-state index in [1.54, 1.807) is 24.3 Å². The van der Waals surface area contributed by atoms with Gasteiger partial charge in [0.2, 0.25) is 0 Å². The Balaban J connectivity index is 1.30. The molecule has 3 aromatic carbocycles. The summed E-state index contributed by atoms with van der Waals surface area (Å²) < 4.78 is 12.5. The van der Waals surface area contributed by atoms with Gasteiger partial charge in [-0.1, -0.05) is 35.9 Å². The van der Waals surface area contributed by atoms with E-state index in [4.69, 9.17) is 21.7 Å². The predicted octanol–water partition coefficient (Wildman–Crippen LogP) is 4.52. The molecule has 0 saturated heterocycles. The summed E-state index contributed by atoms with van der Waals surface area (Å²) in [6, 6.07) is 18.7. The zero-order chi connectivity index (χ0) is 25.7. The van der Waals surface area contributed by atoms with Crippen LogP contribution in [0.25, 0.3) is 0 Å². The number of thiocarbonyl (C=S) groups is 1. The summed E-state index contributed by atoms with van der Waals surface area (Å²) in [6.07, 6.45) is 0.871. The maximum Gasteiger partial charge on any atom is 0.339 e. The number of rotatable bonds is 3. The average Bonchev–Trinajstić information content (AvgIpc) is 3.15. The van der Waals surface area contributed by atoms with Crippen LogP contribution in [0.4, 0.5) is 5.69 Å². The van der Waals surface area contributed by atoms with Crippen LogP contribution < -0.4 is 15.4 Å². The van der Waals surface area contributed by atoms with E-state index < -0.39 is 17.7 Å². The van der Waals surface area contributed by atoms with Gasteiger partial charge in [0.1, 0.15) is 17.6 Å². The third-order valence-corrected chi connectivity index (χ3v) is 7.90. The Kier molecular flexibility index (Phi) is 5.81. The lowest BCUT2D eigenvalue weighted by atomic mass is 9.66. The first-order valence-corrected chi connectivity index (χ1v) is 12.9. The molecule has 2 heterocycles. The van der Waals surface area contributed by atoms with Gasteiger partial charge < -0.3 is 30.3 Å². The summed E-state index contributed by atoms with van der Waals surface area (Å²) >= 11 is 5.49. The molecule has 1 fully saturated rings. The summed E-state index contributed by atoms with van der Waals surface area (Å²) in [4.78, 5) is 13.3. The van der Waals surface area contributed by atoms with Gasteiger partial charge in [0.25, 0.3) is 0 Å². The predicted molar refractivity (Wildman–Crippen MR) is 143 cm³/mol. The second-order valence-corrected chi connectivity index (χ2v) is 10.5. The third-order valence-electron chi connectivity index (χ3n) is 7.65. The van der Waals surface area contributed by atoms with E-state index in [1.807, 2.05) is 19.1 Å². The second-order valence-electron chi connectivity index (χ2n) is 10.1. The molecule has 2 aliphatic heterocycles. The molecule has 1 spiro atoms. The number of anilines is 1. The average molecular weight is 517 g/mol. The molecule has 1 aliphatic carbocycles.